The highest BCUT2D eigenvalue weighted by Crippen LogP contribution is 2.30. The lowest BCUT2D eigenvalue weighted by molar-refractivity contribution is -0.140. The minimum atomic E-state index is -1.01. The standard InChI is InChI=1S/C24H24N4O5/c1-33-24(32)27-13-12-19(22(30)25-15-16-8-4-2-5-9-16)28-20(27)14-18(23(28)31)26-21(29)17-10-6-3-7-11-17/h2-11,14,18-19H,12-13,15H2,1H3,(H,25,30)(H,26,29). The molecule has 2 aliphatic rings. The molecule has 0 saturated carbocycles. The summed E-state index contributed by atoms with van der Waals surface area (Å²) in [5, 5.41) is 5.54. The van der Waals surface area contributed by atoms with E-state index in [1.807, 2.05) is 30.3 Å². The van der Waals surface area contributed by atoms with Crippen molar-refractivity contribution in [2.24, 2.45) is 0 Å². The molecule has 0 aromatic heterocycles. The van der Waals surface area contributed by atoms with Gasteiger partial charge in [0.2, 0.25) is 5.91 Å². The highest BCUT2D eigenvalue weighted by atomic mass is 16.5. The number of carbonyl (C=O) groups excluding carboxylic acids is 4. The van der Waals surface area contributed by atoms with E-state index < -0.39 is 30.0 Å². The molecule has 2 aliphatic heterocycles. The maximum atomic E-state index is 13.3. The molecule has 170 valence electrons. The molecule has 2 N–H and O–H groups in total. The van der Waals surface area contributed by atoms with Gasteiger partial charge in [-0.2, -0.15) is 0 Å². The molecule has 2 heterocycles. The van der Waals surface area contributed by atoms with Gasteiger partial charge in [-0.1, -0.05) is 48.5 Å². The number of hydrogen-bond donors (Lipinski definition) is 2. The first-order valence-corrected chi connectivity index (χ1v) is 10.6. The van der Waals surface area contributed by atoms with Gasteiger partial charge in [-0.05, 0) is 30.2 Å². The highest BCUT2D eigenvalue weighted by molar-refractivity contribution is 6.01. The highest BCUT2D eigenvalue weighted by Gasteiger charge is 2.47. The maximum absolute atomic E-state index is 13.3. The summed E-state index contributed by atoms with van der Waals surface area (Å²) in [6.07, 6.45) is 1.08. The molecule has 0 aliphatic carbocycles. The van der Waals surface area contributed by atoms with Crippen molar-refractivity contribution in [3.63, 3.8) is 0 Å². The van der Waals surface area contributed by atoms with Crippen LogP contribution in [-0.4, -0.2) is 59.4 Å². The van der Waals surface area contributed by atoms with Gasteiger partial charge in [-0.25, -0.2) is 4.79 Å². The Morgan fingerprint density at radius 1 is 1.03 bits per heavy atom. The molecule has 2 aromatic rings. The van der Waals surface area contributed by atoms with E-state index in [1.54, 1.807) is 30.3 Å². The van der Waals surface area contributed by atoms with Gasteiger partial charge in [0.05, 0.1) is 7.11 Å². The van der Waals surface area contributed by atoms with Gasteiger partial charge in [-0.3, -0.25) is 24.2 Å². The molecule has 2 unspecified atom stereocenters. The Bertz CT molecular complexity index is 1090. The van der Waals surface area contributed by atoms with Crippen molar-refractivity contribution in [2.75, 3.05) is 13.7 Å². The van der Waals surface area contributed by atoms with Crippen LogP contribution >= 0.6 is 0 Å². The average Bonchev–Trinajstić information content (AvgIpc) is 3.18. The fraction of sp³-hybridized carbons (Fsp3) is 0.250. The molecule has 0 spiro atoms. The van der Waals surface area contributed by atoms with Gasteiger partial charge >= 0.3 is 6.09 Å². The van der Waals surface area contributed by atoms with E-state index in [2.05, 4.69) is 10.6 Å². The molecule has 0 bridgehead atoms. The fourth-order valence-corrected chi connectivity index (χ4v) is 3.96. The van der Waals surface area contributed by atoms with Crippen LogP contribution in [0.2, 0.25) is 0 Å². The van der Waals surface area contributed by atoms with Crippen LogP contribution in [0.15, 0.2) is 72.6 Å². The van der Waals surface area contributed by atoms with E-state index in [9.17, 15) is 19.2 Å². The Hall–Kier alpha value is -4.14. The van der Waals surface area contributed by atoms with Crippen molar-refractivity contribution in [1.29, 1.82) is 0 Å². The Morgan fingerprint density at radius 3 is 2.36 bits per heavy atom. The number of ether oxygens (including phenoxy) is 1. The summed E-state index contributed by atoms with van der Waals surface area (Å²) < 4.78 is 4.84. The van der Waals surface area contributed by atoms with Gasteiger partial charge in [-0.15, -0.1) is 0 Å². The third kappa shape index (κ3) is 4.57. The van der Waals surface area contributed by atoms with Crippen molar-refractivity contribution in [3.05, 3.63) is 83.7 Å². The fourth-order valence-electron chi connectivity index (χ4n) is 3.96. The second-order valence-electron chi connectivity index (χ2n) is 7.68. The monoisotopic (exact) mass is 448 g/mol. The number of rotatable bonds is 5. The first kappa shape index (κ1) is 22.1. The number of nitrogens with one attached hydrogen (secondary N) is 2. The second kappa shape index (κ2) is 9.56. The number of amides is 4. The lowest BCUT2D eigenvalue weighted by Crippen LogP contribution is -2.57. The number of benzene rings is 2. The Kier molecular flexibility index (Phi) is 6.39. The van der Waals surface area contributed by atoms with Crippen molar-refractivity contribution in [3.8, 4) is 0 Å². The Balaban J connectivity index is 1.53. The van der Waals surface area contributed by atoms with Crippen molar-refractivity contribution < 1.29 is 23.9 Å². The van der Waals surface area contributed by atoms with Crippen molar-refractivity contribution in [2.45, 2.75) is 25.0 Å². The van der Waals surface area contributed by atoms with Crippen molar-refractivity contribution >= 4 is 23.8 Å². The number of carbonyl (C=O) groups is 4. The zero-order valence-electron chi connectivity index (χ0n) is 18.1. The van der Waals surface area contributed by atoms with Crippen LogP contribution < -0.4 is 10.6 Å². The smallest absolute Gasteiger partial charge is 0.415 e. The molecule has 0 radical (unpaired) electrons. The van der Waals surface area contributed by atoms with Gasteiger partial charge < -0.3 is 15.4 Å². The Morgan fingerprint density at radius 2 is 1.70 bits per heavy atom. The minimum Gasteiger partial charge on any atom is -0.452 e. The van der Waals surface area contributed by atoms with Crippen LogP contribution in [0.3, 0.4) is 0 Å². The SMILES string of the molecule is COC(=O)N1CCC(C(=O)NCc2ccccc2)N2C(=O)C(NC(=O)c3ccccc3)C=C12. The molecule has 2 aromatic carbocycles. The normalized spacial score (nSPS) is 19.4. The number of methoxy groups -OCH3 is 1. The number of fused-ring (bicyclic) bond motifs is 1. The summed E-state index contributed by atoms with van der Waals surface area (Å²) in [5.41, 5.74) is 1.32. The van der Waals surface area contributed by atoms with Crippen LogP contribution in [0.25, 0.3) is 0 Å². The summed E-state index contributed by atoms with van der Waals surface area (Å²) in [5.74, 6) is -1.02. The van der Waals surface area contributed by atoms with Crippen LogP contribution in [0, 0.1) is 0 Å². The summed E-state index contributed by atoms with van der Waals surface area (Å²) in [6, 6.07) is 16.1. The molecule has 9 nitrogen and oxygen atoms in total. The quantitative estimate of drug-likeness (QED) is 0.723. The van der Waals surface area contributed by atoms with E-state index in [4.69, 9.17) is 4.74 Å². The molecular weight excluding hydrogens is 424 g/mol. The summed E-state index contributed by atoms with van der Waals surface area (Å²) >= 11 is 0. The molecule has 33 heavy (non-hydrogen) atoms. The van der Waals surface area contributed by atoms with E-state index in [1.165, 1.54) is 23.0 Å². The first-order valence-electron chi connectivity index (χ1n) is 10.6. The van der Waals surface area contributed by atoms with Crippen LogP contribution in [0.4, 0.5) is 4.79 Å². The number of hydrogen-bond acceptors (Lipinski definition) is 5. The van der Waals surface area contributed by atoms with Gasteiger partial charge in [0.15, 0.2) is 0 Å². The maximum Gasteiger partial charge on any atom is 0.415 e. The van der Waals surface area contributed by atoms with Crippen molar-refractivity contribution in [1.82, 2.24) is 20.4 Å². The van der Waals surface area contributed by atoms with E-state index in [-0.39, 0.29) is 24.7 Å². The van der Waals surface area contributed by atoms with Crippen LogP contribution in [-0.2, 0) is 20.9 Å². The summed E-state index contributed by atoms with van der Waals surface area (Å²) in [4.78, 5) is 53.7. The topological polar surface area (TPSA) is 108 Å². The van der Waals surface area contributed by atoms with Crippen LogP contribution in [0.1, 0.15) is 22.3 Å². The molecule has 2 atom stereocenters. The molecule has 1 saturated heterocycles. The first-order chi connectivity index (χ1) is 16.0. The third-order valence-electron chi connectivity index (χ3n) is 5.61. The second-order valence-corrected chi connectivity index (χ2v) is 7.68. The third-order valence-corrected chi connectivity index (χ3v) is 5.61. The average molecular weight is 448 g/mol. The molecule has 9 heteroatoms. The number of nitrogens with zero attached hydrogens (tertiary/aromatic N) is 2. The summed E-state index contributed by atoms with van der Waals surface area (Å²) in [7, 11) is 1.25. The zero-order valence-corrected chi connectivity index (χ0v) is 18.1. The van der Waals surface area contributed by atoms with Gasteiger partial charge in [0.25, 0.3) is 11.8 Å². The lowest BCUT2D eigenvalue weighted by Gasteiger charge is -2.39. The van der Waals surface area contributed by atoms with Gasteiger partial charge in [0, 0.05) is 18.7 Å². The molecule has 4 rings (SSSR count). The van der Waals surface area contributed by atoms with E-state index >= 15 is 0 Å². The lowest BCUT2D eigenvalue weighted by atomic mass is 10.1. The zero-order chi connectivity index (χ0) is 23.4. The summed E-state index contributed by atoms with van der Waals surface area (Å²) in [6.45, 7) is 0.511. The predicted octanol–water partition coefficient (Wildman–Crippen LogP) is 1.63. The largest absolute Gasteiger partial charge is 0.452 e. The van der Waals surface area contributed by atoms with Gasteiger partial charge in [0.1, 0.15) is 17.9 Å². The van der Waals surface area contributed by atoms with E-state index in [0.717, 1.165) is 5.56 Å². The minimum absolute atomic E-state index is 0.199. The molecule has 1 fully saturated rings. The Labute approximate surface area is 191 Å². The predicted molar refractivity (Wildman–Crippen MR) is 118 cm³/mol. The van der Waals surface area contributed by atoms with E-state index in [0.29, 0.717) is 12.1 Å². The molecule has 4 amide bonds. The molecular formula is C24H24N4O5. The van der Waals surface area contributed by atoms with Crippen LogP contribution in [0.5, 0.6) is 0 Å².